The lowest BCUT2D eigenvalue weighted by Crippen LogP contribution is -2.38. The SMILES string of the molecule is Cc1nnc(SCC2CN=C(c3ccccc3)NO2)s1. The molecule has 1 atom stereocenters. The minimum atomic E-state index is 0.0525. The summed E-state index contributed by atoms with van der Waals surface area (Å²) in [5.74, 6) is 1.60. The number of nitrogens with one attached hydrogen (secondary N) is 1. The first kappa shape index (κ1) is 13.5. The third-order valence-corrected chi connectivity index (χ3v) is 4.83. The van der Waals surface area contributed by atoms with Gasteiger partial charge in [0, 0.05) is 11.3 Å². The van der Waals surface area contributed by atoms with Crippen LogP contribution in [0.3, 0.4) is 0 Å². The standard InChI is InChI=1S/C13H14N4OS2/c1-9-15-16-13(20-9)19-8-11-7-14-12(17-18-11)10-5-3-2-4-6-10/h2-6,11H,7-8H2,1H3,(H,14,17). The van der Waals surface area contributed by atoms with Crippen molar-refractivity contribution in [2.75, 3.05) is 12.3 Å². The molecule has 0 spiro atoms. The molecule has 7 heteroatoms. The number of aromatic nitrogens is 2. The Morgan fingerprint density at radius 1 is 1.35 bits per heavy atom. The Labute approximate surface area is 125 Å². The first-order valence-corrected chi connectivity index (χ1v) is 8.06. The Bertz CT molecular complexity index is 599. The van der Waals surface area contributed by atoms with E-state index in [-0.39, 0.29) is 6.10 Å². The van der Waals surface area contributed by atoms with E-state index in [4.69, 9.17) is 4.84 Å². The molecule has 0 saturated carbocycles. The minimum absolute atomic E-state index is 0.0525. The smallest absolute Gasteiger partial charge is 0.174 e. The van der Waals surface area contributed by atoms with Gasteiger partial charge in [-0.05, 0) is 6.92 Å². The highest BCUT2D eigenvalue weighted by Crippen LogP contribution is 2.23. The van der Waals surface area contributed by atoms with Crippen LogP contribution in [0.25, 0.3) is 0 Å². The zero-order chi connectivity index (χ0) is 13.8. The predicted molar refractivity (Wildman–Crippen MR) is 81.2 cm³/mol. The first-order chi connectivity index (χ1) is 9.81. The van der Waals surface area contributed by atoms with E-state index in [0.717, 1.165) is 26.5 Å². The van der Waals surface area contributed by atoms with Crippen molar-refractivity contribution in [3.63, 3.8) is 0 Å². The summed E-state index contributed by atoms with van der Waals surface area (Å²) in [4.78, 5) is 10.2. The number of rotatable bonds is 4. The average Bonchev–Trinajstić information content (AvgIpc) is 2.92. The number of nitrogens with zero attached hydrogens (tertiary/aromatic N) is 3. The number of benzene rings is 1. The van der Waals surface area contributed by atoms with E-state index < -0.39 is 0 Å². The summed E-state index contributed by atoms with van der Waals surface area (Å²) in [6, 6.07) is 9.97. The van der Waals surface area contributed by atoms with Crippen molar-refractivity contribution in [2.24, 2.45) is 4.99 Å². The van der Waals surface area contributed by atoms with E-state index >= 15 is 0 Å². The van der Waals surface area contributed by atoms with Crippen LogP contribution < -0.4 is 5.48 Å². The van der Waals surface area contributed by atoms with Crippen molar-refractivity contribution in [1.82, 2.24) is 15.7 Å². The molecular formula is C13H14N4OS2. The number of thioether (sulfide) groups is 1. The maximum absolute atomic E-state index is 5.63. The normalized spacial score (nSPS) is 18.4. The summed E-state index contributed by atoms with van der Waals surface area (Å²) < 4.78 is 0.976. The lowest BCUT2D eigenvalue weighted by atomic mass is 10.2. The number of hydrogen-bond acceptors (Lipinski definition) is 7. The number of hydroxylamine groups is 1. The van der Waals surface area contributed by atoms with Crippen molar-refractivity contribution in [1.29, 1.82) is 0 Å². The number of aliphatic imine (C=N–C) groups is 1. The molecule has 0 bridgehead atoms. The first-order valence-electron chi connectivity index (χ1n) is 6.26. The topological polar surface area (TPSA) is 59.4 Å². The van der Waals surface area contributed by atoms with Gasteiger partial charge in [0.25, 0.3) is 0 Å². The van der Waals surface area contributed by atoms with Gasteiger partial charge >= 0.3 is 0 Å². The second-order valence-corrected chi connectivity index (χ2v) is 6.74. The molecule has 1 aromatic heterocycles. The zero-order valence-corrected chi connectivity index (χ0v) is 12.6. The lowest BCUT2D eigenvalue weighted by Gasteiger charge is -2.22. The largest absolute Gasteiger partial charge is 0.269 e. The van der Waals surface area contributed by atoms with Crippen LogP contribution in [0.5, 0.6) is 0 Å². The maximum atomic E-state index is 5.63. The minimum Gasteiger partial charge on any atom is -0.269 e. The van der Waals surface area contributed by atoms with E-state index in [2.05, 4.69) is 20.7 Å². The zero-order valence-electron chi connectivity index (χ0n) is 10.9. The lowest BCUT2D eigenvalue weighted by molar-refractivity contribution is 0.0213. The van der Waals surface area contributed by atoms with Gasteiger partial charge in [0.2, 0.25) is 0 Å². The molecule has 0 aliphatic carbocycles. The van der Waals surface area contributed by atoms with Crippen molar-refractivity contribution >= 4 is 28.9 Å². The summed E-state index contributed by atoms with van der Waals surface area (Å²) in [5, 5.41) is 9.06. The number of aryl methyl sites for hydroxylation is 1. The highest BCUT2D eigenvalue weighted by atomic mass is 32.2. The fourth-order valence-electron chi connectivity index (χ4n) is 1.74. The van der Waals surface area contributed by atoms with Gasteiger partial charge in [0.15, 0.2) is 10.2 Å². The van der Waals surface area contributed by atoms with Crippen molar-refractivity contribution in [3.05, 3.63) is 40.9 Å². The van der Waals surface area contributed by atoms with Crippen LogP contribution in [-0.2, 0) is 4.84 Å². The van der Waals surface area contributed by atoms with E-state index in [1.807, 2.05) is 37.3 Å². The summed E-state index contributed by atoms with van der Waals surface area (Å²) >= 11 is 3.26. The van der Waals surface area contributed by atoms with Gasteiger partial charge in [-0.3, -0.25) is 9.83 Å². The van der Waals surface area contributed by atoms with Gasteiger partial charge in [-0.15, -0.1) is 10.2 Å². The average molecular weight is 306 g/mol. The summed E-state index contributed by atoms with van der Waals surface area (Å²) in [6.07, 6.45) is 0.0525. The molecule has 0 fully saturated rings. The van der Waals surface area contributed by atoms with Gasteiger partial charge in [-0.25, -0.2) is 5.48 Å². The second kappa shape index (κ2) is 6.34. The highest BCUT2D eigenvalue weighted by Gasteiger charge is 2.18. The van der Waals surface area contributed by atoms with E-state index in [1.165, 1.54) is 0 Å². The molecule has 1 unspecified atom stereocenters. The molecule has 0 amide bonds. The Hall–Kier alpha value is -1.44. The van der Waals surface area contributed by atoms with Gasteiger partial charge in [0.1, 0.15) is 11.1 Å². The van der Waals surface area contributed by atoms with Crippen molar-refractivity contribution in [2.45, 2.75) is 17.4 Å². The molecule has 104 valence electrons. The van der Waals surface area contributed by atoms with E-state index in [9.17, 15) is 0 Å². The highest BCUT2D eigenvalue weighted by molar-refractivity contribution is 8.01. The summed E-state index contributed by atoms with van der Waals surface area (Å²) in [7, 11) is 0. The molecule has 2 aromatic rings. The molecular weight excluding hydrogens is 292 g/mol. The third kappa shape index (κ3) is 3.36. The molecule has 2 heterocycles. The molecule has 1 aliphatic heterocycles. The van der Waals surface area contributed by atoms with Crippen LogP contribution in [0.4, 0.5) is 0 Å². The molecule has 0 saturated heterocycles. The van der Waals surface area contributed by atoms with Crippen LogP contribution in [0, 0.1) is 6.92 Å². The van der Waals surface area contributed by atoms with Crippen molar-refractivity contribution < 1.29 is 4.84 Å². The van der Waals surface area contributed by atoms with Gasteiger partial charge in [-0.2, -0.15) is 0 Å². The molecule has 20 heavy (non-hydrogen) atoms. The Morgan fingerprint density at radius 2 is 2.20 bits per heavy atom. The van der Waals surface area contributed by atoms with E-state index in [1.54, 1.807) is 23.1 Å². The Kier molecular flexibility index (Phi) is 4.29. The van der Waals surface area contributed by atoms with Gasteiger partial charge < -0.3 is 0 Å². The van der Waals surface area contributed by atoms with Crippen molar-refractivity contribution in [3.8, 4) is 0 Å². The maximum Gasteiger partial charge on any atom is 0.174 e. The molecule has 3 rings (SSSR count). The Morgan fingerprint density at radius 3 is 2.85 bits per heavy atom. The summed E-state index contributed by atoms with van der Waals surface area (Å²) in [5.41, 5.74) is 3.97. The monoisotopic (exact) mass is 306 g/mol. The molecule has 5 nitrogen and oxygen atoms in total. The molecule has 1 N–H and O–H groups in total. The Balaban J connectivity index is 1.54. The van der Waals surface area contributed by atoms with Gasteiger partial charge in [-0.1, -0.05) is 53.4 Å². The van der Waals surface area contributed by atoms with E-state index in [0.29, 0.717) is 6.54 Å². The molecule has 1 aromatic carbocycles. The fourth-order valence-corrected chi connectivity index (χ4v) is 3.55. The van der Waals surface area contributed by atoms with Crippen LogP contribution in [0.15, 0.2) is 39.7 Å². The number of amidine groups is 1. The van der Waals surface area contributed by atoms with Gasteiger partial charge in [0.05, 0.1) is 6.54 Å². The molecule has 0 radical (unpaired) electrons. The van der Waals surface area contributed by atoms with Crippen LogP contribution in [0.2, 0.25) is 0 Å². The fraction of sp³-hybridized carbons (Fsp3) is 0.308. The predicted octanol–water partition coefficient (Wildman–Crippen LogP) is 2.29. The number of hydrogen-bond donors (Lipinski definition) is 1. The quantitative estimate of drug-likeness (QED) is 0.878. The summed E-state index contributed by atoms with van der Waals surface area (Å²) in [6.45, 7) is 2.61. The van der Waals surface area contributed by atoms with Crippen LogP contribution >= 0.6 is 23.1 Å². The molecule has 1 aliphatic rings. The second-order valence-electron chi connectivity index (χ2n) is 4.30. The van der Waals surface area contributed by atoms with Crippen LogP contribution in [-0.4, -0.2) is 34.4 Å². The third-order valence-electron chi connectivity index (χ3n) is 2.72. The van der Waals surface area contributed by atoms with Crippen LogP contribution in [0.1, 0.15) is 10.6 Å².